The Kier molecular flexibility index (Phi) is 5.93. The van der Waals surface area contributed by atoms with Gasteiger partial charge in [0.2, 0.25) is 11.8 Å². The number of nitrogens with one attached hydrogen (secondary N) is 1. The van der Waals surface area contributed by atoms with E-state index in [0.717, 1.165) is 24.4 Å². The zero-order valence-corrected chi connectivity index (χ0v) is 14.9. The minimum atomic E-state index is -0.568. The van der Waals surface area contributed by atoms with Crippen LogP contribution in [0.25, 0.3) is 0 Å². The number of rotatable bonds is 7. The molecule has 6 nitrogen and oxygen atoms in total. The first-order valence-corrected chi connectivity index (χ1v) is 9.04. The molecule has 1 unspecified atom stereocenters. The molecule has 1 aromatic carbocycles. The van der Waals surface area contributed by atoms with Crippen molar-refractivity contribution in [2.24, 2.45) is 5.73 Å². The third-order valence-corrected chi connectivity index (χ3v) is 5.26. The van der Waals surface area contributed by atoms with Crippen molar-refractivity contribution in [2.45, 2.75) is 50.4 Å². The standard InChI is InChI=1S/C18H24ClN3O3/c19-13-3-1-12(2-4-13)9-22-15-5-6-16(22)8-14(7-15)21-18(24)11-25-10-17(20)23/h1-4,14-16H,5-11H2,(H2,20,23)(H,21,24)/t14?,15-,16+. The molecule has 3 rings (SSSR count). The topological polar surface area (TPSA) is 84.7 Å². The van der Waals surface area contributed by atoms with Crippen molar-refractivity contribution in [2.75, 3.05) is 13.2 Å². The molecule has 0 aromatic heterocycles. The van der Waals surface area contributed by atoms with Crippen LogP contribution < -0.4 is 11.1 Å². The number of amides is 2. The number of halogens is 1. The summed E-state index contributed by atoms with van der Waals surface area (Å²) < 4.78 is 4.97. The van der Waals surface area contributed by atoms with Crippen LogP contribution in [-0.4, -0.2) is 48.1 Å². The van der Waals surface area contributed by atoms with E-state index in [9.17, 15) is 9.59 Å². The molecular formula is C18H24ClN3O3. The van der Waals surface area contributed by atoms with E-state index < -0.39 is 5.91 Å². The Morgan fingerprint density at radius 2 is 1.80 bits per heavy atom. The molecule has 1 aromatic rings. The SMILES string of the molecule is NC(=O)COCC(=O)NC1C[C@H]2CC[C@@H](C1)N2Cc1ccc(Cl)cc1. The van der Waals surface area contributed by atoms with Crippen LogP contribution in [0, 0.1) is 0 Å². The predicted molar refractivity (Wildman–Crippen MR) is 95.0 cm³/mol. The Balaban J connectivity index is 1.49. The lowest BCUT2D eigenvalue weighted by molar-refractivity contribution is -0.130. The summed E-state index contributed by atoms with van der Waals surface area (Å²) in [5.41, 5.74) is 6.25. The fourth-order valence-electron chi connectivity index (χ4n) is 3.96. The van der Waals surface area contributed by atoms with Gasteiger partial charge in [-0.1, -0.05) is 23.7 Å². The summed E-state index contributed by atoms with van der Waals surface area (Å²) in [7, 11) is 0. The molecule has 2 aliphatic rings. The number of carbonyl (C=O) groups excluding carboxylic acids is 2. The Bertz CT molecular complexity index is 608. The number of benzene rings is 1. The van der Waals surface area contributed by atoms with Crippen molar-refractivity contribution in [1.29, 1.82) is 0 Å². The lowest BCUT2D eigenvalue weighted by Gasteiger charge is -2.39. The second-order valence-electron chi connectivity index (χ2n) is 6.88. The van der Waals surface area contributed by atoms with Crippen LogP contribution in [0.4, 0.5) is 0 Å². The molecule has 2 fully saturated rings. The van der Waals surface area contributed by atoms with Gasteiger partial charge in [-0.05, 0) is 43.4 Å². The van der Waals surface area contributed by atoms with Gasteiger partial charge in [0.1, 0.15) is 13.2 Å². The van der Waals surface area contributed by atoms with E-state index in [1.807, 2.05) is 12.1 Å². The number of ether oxygens (including phenoxy) is 1. The minimum Gasteiger partial charge on any atom is -0.368 e. The van der Waals surface area contributed by atoms with Crippen LogP contribution in [-0.2, 0) is 20.9 Å². The summed E-state index contributed by atoms with van der Waals surface area (Å²) >= 11 is 5.96. The summed E-state index contributed by atoms with van der Waals surface area (Å²) in [5, 5.41) is 3.78. The molecule has 0 radical (unpaired) electrons. The van der Waals surface area contributed by atoms with E-state index in [4.69, 9.17) is 22.1 Å². The quantitative estimate of drug-likeness (QED) is 0.766. The van der Waals surface area contributed by atoms with Crippen LogP contribution in [0.2, 0.25) is 5.02 Å². The van der Waals surface area contributed by atoms with E-state index in [-0.39, 0.29) is 25.2 Å². The number of primary amides is 1. The molecule has 2 amide bonds. The first-order valence-electron chi connectivity index (χ1n) is 8.67. The average Bonchev–Trinajstić information content (AvgIpc) is 2.78. The van der Waals surface area contributed by atoms with Crippen molar-refractivity contribution in [1.82, 2.24) is 10.2 Å². The summed E-state index contributed by atoms with van der Waals surface area (Å²) in [5.74, 6) is -0.752. The molecule has 0 saturated carbocycles. The monoisotopic (exact) mass is 365 g/mol. The number of nitrogens with two attached hydrogens (primary N) is 1. The van der Waals surface area contributed by atoms with Gasteiger partial charge in [-0.15, -0.1) is 0 Å². The highest BCUT2D eigenvalue weighted by Gasteiger charge is 2.40. The second kappa shape index (κ2) is 8.17. The van der Waals surface area contributed by atoms with Gasteiger partial charge < -0.3 is 15.8 Å². The maximum absolute atomic E-state index is 11.9. The van der Waals surface area contributed by atoms with Gasteiger partial charge in [0.05, 0.1) is 0 Å². The molecule has 3 atom stereocenters. The van der Waals surface area contributed by atoms with E-state index in [2.05, 4.69) is 22.3 Å². The summed E-state index contributed by atoms with van der Waals surface area (Å²) in [6.07, 6.45) is 4.24. The number of fused-ring (bicyclic) bond motifs is 2. The van der Waals surface area contributed by atoms with Gasteiger partial charge in [-0.2, -0.15) is 0 Å². The highest BCUT2D eigenvalue weighted by Crippen LogP contribution is 2.36. The maximum atomic E-state index is 11.9. The minimum absolute atomic E-state index is 0.122. The third-order valence-electron chi connectivity index (χ3n) is 5.01. The normalized spacial score (nSPS) is 25.7. The Labute approximate surface area is 152 Å². The summed E-state index contributed by atoms with van der Waals surface area (Å²) in [6, 6.07) is 9.16. The van der Waals surface area contributed by atoms with Gasteiger partial charge in [-0.25, -0.2) is 0 Å². The molecule has 0 spiro atoms. The Morgan fingerprint density at radius 1 is 1.16 bits per heavy atom. The van der Waals surface area contributed by atoms with E-state index in [1.54, 1.807) is 0 Å². The van der Waals surface area contributed by atoms with Gasteiger partial charge in [0, 0.05) is 29.7 Å². The molecule has 2 heterocycles. The van der Waals surface area contributed by atoms with Crippen LogP contribution in [0.5, 0.6) is 0 Å². The summed E-state index contributed by atoms with van der Waals surface area (Å²) in [4.78, 5) is 25.1. The van der Waals surface area contributed by atoms with Crippen molar-refractivity contribution in [3.05, 3.63) is 34.9 Å². The number of hydrogen-bond acceptors (Lipinski definition) is 4. The van der Waals surface area contributed by atoms with E-state index in [0.29, 0.717) is 12.1 Å². The molecular weight excluding hydrogens is 342 g/mol. The molecule has 25 heavy (non-hydrogen) atoms. The molecule has 2 bridgehead atoms. The van der Waals surface area contributed by atoms with Gasteiger partial charge in [0.15, 0.2) is 0 Å². The number of nitrogens with zero attached hydrogens (tertiary/aromatic N) is 1. The predicted octanol–water partition coefficient (Wildman–Crippen LogP) is 1.45. The highest BCUT2D eigenvalue weighted by molar-refractivity contribution is 6.30. The zero-order chi connectivity index (χ0) is 17.8. The third kappa shape index (κ3) is 4.93. The molecule has 136 valence electrons. The fourth-order valence-corrected chi connectivity index (χ4v) is 4.09. The molecule has 3 N–H and O–H groups in total. The number of hydrogen-bond donors (Lipinski definition) is 2. The zero-order valence-electron chi connectivity index (χ0n) is 14.1. The Morgan fingerprint density at radius 3 is 2.40 bits per heavy atom. The van der Waals surface area contributed by atoms with E-state index >= 15 is 0 Å². The average molecular weight is 366 g/mol. The smallest absolute Gasteiger partial charge is 0.246 e. The van der Waals surface area contributed by atoms with Gasteiger partial charge >= 0.3 is 0 Å². The first-order chi connectivity index (χ1) is 12.0. The van der Waals surface area contributed by atoms with Crippen LogP contribution in [0.3, 0.4) is 0 Å². The number of piperidine rings is 1. The van der Waals surface area contributed by atoms with Crippen molar-refractivity contribution in [3.8, 4) is 0 Å². The lowest BCUT2D eigenvalue weighted by atomic mass is 9.96. The molecule has 7 heteroatoms. The molecule has 2 saturated heterocycles. The molecule has 0 aliphatic carbocycles. The second-order valence-corrected chi connectivity index (χ2v) is 7.32. The van der Waals surface area contributed by atoms with Crippen LogP contribution >= 0.6 is 11.6 Å². The van der Waals surface area contributed by atoms with Crippen molar-refractivity contribution in [3.63, 3.8) is 0 Å². The van der Waals surface area contributed by atoms with Crippen LogP contribution in [0.1, 0.15) is 31.2 Å². The van der Waals surface area contributed by atoms with Crippen molar-refractivity contribution >= 4 is 23.4 Å². The molecule has 2 aliphatic heterocycles. The highest BCUT2D eigenvalue weighted by atomic mass is 35.5. The van der Waals surface area contributed by atoms with Gasteiger partial charge in [-0.3, -0.25) is 14.5 Å². The van der Waals surface area contributed by atoms with Crippen LogP contribution in [0.15, 0.2) is 24.3 Å². The van der Waals surface area contributed by atoms with Gasteiger partial charge in [0.25, 0.3) is 0 Å². The fraction of sp³-hybridized carbons (Fsp3) is 0.556. The Hall–Kier alpha value is -1.63. The largest absolute Gasteiger partial charge is 0.368 e. The first kappa shape index (κ1) is 18.2. The van der Waals surface area contributed by atoms with Crippen molar-refractivity contribution < 1.29 is 14.3 Å². The maximum Gasteiger partial charge on any atom is 0.246 e. The lowest BCUT2D eigenvalue weighted by Crippen LogP contribution is -2.50. The number of carbonyl (C=O) groups is 2. The van der Waals surface area contributed by atoms with E-state index in [1.165, 1.54) is 18.4 Å². The summed E-state index contributed by atoms with van der Waals surface area (Å²) in [6.45, 7) is 0.580.